The van der Waals surface area contributed by atoms with Gasteiger partial charge in [0.25, 0.3) is 0 Å². The molecule has 0 fully saturated rings. The Morgan fingerprint density at radius 3 is 1.65 bits per heavy atom. The number of phenols is 1. The molecule has 0 heterocycles. The lowest BCUT2D eigenvalue weighted by atomic mass is 9.78. The van der Waals surface area contributed by atoms with E-state index in [4.69, 9.17) is 0 Å². The number of hydrogen-bond donors (Lipinski definition) is 1. The Kier molecular flexibility index (Phi) is 5.23. The quantitative estimate of drug-likeness (QED) is 0.779. The molecule has 114 valence electrons. The Labute approximate surface area is 129 Å². The van der Waals surface area contributed by atoms with Crippen LogP contribution in [0.25, 0.3) is 0 Å². The molecule has 0 amide bonds. The molecule has 0 aliphatic heterocycles. The summed E-state index contributed by atoms with van der Waals surface area (Å²) < 4.78 is 0. The minimum Gasteiger partial charge on any atom is -0.507 e. The van der Waals surface area contributed by atoms with E-state index in [9.17, 15) is 5.11 Å². The molecule has 0 saturated carbocycles. The third-order valence-electron chi connectivity index (χ3n) is 3.37. The molecule has 20 heavy (non-hydrogen) atoms. The van der Waals surface area contributed by atoms with E-state index >= 15 is 0 Å². The molecule has 0 saturated heterocycles. The lowest BCUT2D eigenvalue weighted by Crippen LogP contribution is -2.17. The van der Waals surface area contributed by atoms with Crippen LogP contribution in [-0.4, -0.2) is 10.4 Å². The highest BCUT2D eigenvalue weighted by Gasteiger charge is 2.26. The fourth-order valence-corrected chi connectivity index (χ4v) is 2.88. The lowest BCUT2D eigenvalue weighted by Gasteiger charge is -2.28. The molecule has 0 aromatic heterocycles. The standard InChI is InChI=1S/C18H30OS/c1-12(2)20-11-13-9-14(17(3,4)5)16(19)15(10-13)18(6,7)8/h9-10,12,19H,11H2,1-8H3. The van der Waals surface area contributed by atoms with Gasteiger partial charge in [-0.15, -0.1) is 0 Å². The van der Waals surface area contributed by atoms with E-state index in [0.29, 0.717) is 11.0 Å². The zero-order valence-electron chi connectivity index (χ0n) is 14.3. The average Bonchev–Trinajstić information content (AvgIpc) is 2.24. The average molecular weight is 295 g/mol. The first kappa shape index (κ1) is 17.4. The van der Waals surface area contributed by atoms with E-state index in [0.717, 1.165) is 16.9 Å². The smallest absolute Gasteiger partial charge is 0.123 e. The summed E-state index contributed by atoms with van der Waals surface area (Å²) in [4.78, 5) is 0. The van der Waals surface area contributed by atoms with E-state index in [1.807, 2.05) is 11.8 Å². The second-order valence-corrected chi connectivity index (χ2v) is 9.46. The van der Waals surface area contributed by atoms with Crippen LogP contribution in [0.15, 0.2) is 12.1 Å². The van der Waals surface area contributed by atoms with Crippen molar-refractivity contribution in [1.29, 1.82) is 0 Å². The maximum Gasteiger partial charge on any atom is 0.123 e. The van der Waals surface area contributed by atoms with Crippen molar-refractivity contribution in [2.45, 2.75) is 77.2 Å². The summed E-state index contributed by atoms with van der Waals surface area (Å²) in [7, 11) is 0. The lowest BCUT2D eigenvalue weighted by molar-refractivity contribution is 0.423. The summed E-state index contributed by atoms with van der Waals surface area (Å²) in [6, 6.07) is 4.36. The van der Waals surface area contributed by atoms with Gasteiger partial charge in [0, 0.05) is 5.75 Å². The van der Waals surface area contributed by atoms with Gasteiger partial charge in [-0.3, -0.25) is 0 Å². The molecular formula is C18H30OS. The van der Waals surface area contributed by atoms with Gasteiger partial charge in [0.05, 0.1) is 0 Å². The van der Waals surface area contributed by atoms with Gasteiger partial charge >= 0.3 is 0 Å². The van der Waals surface area contributed by atoms with Gasteiger partial charge in [0.15, 0.2) is 0 Å². The fraction of sp³-hybridized carbons (Fsp3) is 0.667. The third-order valence-corrected chi connectivity index (χ3v) is 4.54. The zero-order valence-corrected chi connectivity index (χ0v) is 15.1. The van der Waals surface area contributed by atoms with Crippen molar-refractivity contribution < 1.29 is 5.11 Å². The second kappa shape index (κ2) is 6.01. The molecule has 1 rings (SSSR count). The minimum absolute atomic E-state index is 0.0391. The largest absolute Gasteiger partial charge is 0.507 e. The summed E-state index contributed by atoms with van der Waals surface area (Å²) >= 11 is 1.95. The molecule has 1 nitrogen and oxygen atoms in total. The van der Waals surface area contributed by atoms with Crippen molar-refractivity contribution in [2.75, 3.05) is 0 Å². The zero-order chi connectivity index (χ0) is 15.7. The van der Waals surface area contributed by atoms with E-state index in [2.05, 4.69) is 67.5 Å². The Bertz CT molecular complexity index is 426. The molecule has 0 atom stereocenters. The Morgan fingerprint density at radius 2 is 1.35 bits per heavy atom. The van der Waals surface area contributed by atoms with Crippen molar-refractivity contribution in [3.8, 4) is 5.75 Å². The number of phenolic OH excluding ortho intramolecular Hbond substituents is 1. The molecule has 1 N–H and O–H groups in total. The van der Waals surface area contributed by atoms with Crippen LogP contribution >= 0.6 is 11.8 Å². The number of aromatic hydroxyl groups is 1. The second-order valence-electron chi connectivity index (χ2n) is 7.90. The maximum atomic E-state index is 10.7. The topological polar surface area (TPSA) is 20.2 Å². The van der Waals surface area contributed by atoms with E-state index in [1.165, 1.54) is 5.56 Å². The predicted octanol–water partition coefficient (Wildman–Crippen LogP) is 5.63. The monoisotopic (exact) mass is 294 g/mol. The molecule has 2 heteroatoms. The van der Waals surface area contributed by atoms with Gasteiger partial charge in [-0.05, 0) is 32.8 Å². The van der Waals surface area contributed by atoms with Crippen LogP contribution < -0.4 is 0 Å². The molecule has 0 radical (unpaired) electrons. The SMILES string of the molecule is CC(C)SCc1cc(C(C)(C)C)c(O)c(C(C)(C)C)c1. The van der Waals surface area contributed by atoms with Crippen LogP contribution in [-0.2, 0) is 16.6 Å². The van der Waals surface area contributed by atoms with Crippen molar-refractivity contribution in [3.05, 3.63) is 28.8 Å². The van der Waals surface area contributed by atoms with Crippen LogP contribution in [0.2, 0.25) is 0 Å². The van der Waals surface area contributed by atoms with Crippen LogP contribution in [0.1, 0.15) is 72.1 Å². The first-order valence-corrected chi connectivity index (χ1v) is 8.46. The first-order valence-electron chi connectivity index (χ1n) is 7.41. The number of hydrogen-bond acceptors (Lipinski definition) is 2. The van der Waals surface area contributed by atoms with Gasteiger partial charge in [-0.2, -0.15) is 11.8 Å². The molecule has 0 spiro atoms. The van der Waals surface area contributed by atoms with Gasteiger partial charge in [0.1, 0.15) is 5.75 Å². The first-order chi connectivity index (χ1) is 8.93. The third kappa shape index (κ3) is 4.44. The van der Waals surface area contributed by atoms with Gasteiger partial charge < -0.3 is 5.11 Å². The van der Waals surface area contributed by atoms with Crippen LogP contribution in [0.3, 0.4) is 0 Å². The molecule has 1 aromatic carbocycles. The van der Waals surface area contributed by atoms with E-state index in [-0.39, 0.29) is 10.8 Å². The fourth-order valence-electron chi connectivity index (χ4n) is 2.18. The van der Waals surface area contributed by atoms with Crippen LogP contribution in [0.4, 0.5) is 0 Å². The number of rotatable bonds is 3. The predicted molar refractivity (Wildman–Crippen MR) is 91.9 cm³/mol. The summed E-state index contributed by atoms with van der Waals surface area (Å²) in [6.45, 7) is 17.4. The molecule has 0 aliphatic rings. The number of benzene rings is 1. The maximum absolute atomic E-state index is 10.7. The summed E-state index contributed by atoms with van der Waals surface area (Å²) in [5, 5.41) is 11.3. The Balaban J connectivity index is 3.35. The highest BCUT2D eigenvalue weighted by atomic mass is 32.2. The molecule has 0 aliphatic carbocycles. The van der Waals surface area contributed by atoms with E-state index < -0.39 is 0 Å². The van der Waals surface area contributed by atoms with Crippen molar-refractivity contribution >= 4 is 11.8 Å². The molecule has 1 aromatic rings. The van der Waals surface area contributed by atoms with Gasteiger partial charge in [-0.25, -0.2) is 0 Å². The molecule has 0 bridgehead atoms. The Morgan fingerprint density at radius 1 is 0.950 bits per heavy atom. The Hall–Kier alpha value is -0.630. The highest BCUT2D eigenvalue weighted by Crippen LogP contribution is 2.40. The van der Waals surface area contributed by atoms with Crippen LogP contribution in [0.5, 0.6) is 5.75 Å². The van der Waals surface area contributed by atoms with Crippen molar-refractivity contribution in [3.63, 3.8) is 0 Å². The molecule has 0 unspecified atom stereocenters. The van der Waals surface area contributed by atoms with Gasteiger partial charge in [-0.1, -0.05) is 67.5 Å². The molecular weight excluding hydrogens is 264 g/mol. The van der Waals surface area contributed by atoms with E-state index in [1.54, 1.807) is 0 Å². The summed E-state index contributed by atoms with van der Waals surface area (Å²) in [5.41, 5.74) is 3.36. The summed E-state index contributed by atoms with van der Waals surface area (Å²) in [6.07, 6.45) is 0. The highest BCUT2D eigenvalue weighted by molar-refractivity contribution is 7.99. The minimum atomic E-state index is -0.0391. The summed E-state index contributed by atoms with van der Waals surface area (Å²) in [5.74, 6) is 1.48. The van der Waals surface area contributed by atoms with Gasteiger partial charge in [0.2, 0.25) is 0 Å². The van der Waals surface area contributed by atoms with Crippen LogP contribution in [0, 0.1) is 0 Å². The number of thioether (sulfide) groups is 1. The normalized spacial score (nSPS) is 13.1. The van der Waals surface area contributed by atoms with Crippen molar-refractivity contribution in [2.24, 2.45) is 0 Å². The van der Waals surface area contributed by atoms with Crippen molar-refractivity contribution in [1.82, 2.24) is 0 Å².